The van der Waals surface area contributed by atoms with Crippen molar-refractivity contribution < 1.29 is 9.59 Å². The predicted octanol–water partition coefficient (Wildman–Crippen LogP) is 3.16. The number of hydrogen-bond acceptors (Lipinski definition) is 5. The number of nitrogens with zero attached hydrogens (tertiary/aromatic N) is 3. The van der Waals surface area contributed by atoms with Gasteiger partial charge >= 0.3 is 0 Å². The third-order valence-corrected chi connectivity index (χ3v) is 6.00. The van der Waals surface area contributed by atoms with Crippen molar-refractivity contribution in [1.29, 1.82) is 0 Å². The molecular weight excluding hydrogens is 390 g/mol. The summed E-state index contributed by atoms with van der Waals surface area (Å²) in [5, 5.41) is 5.98. The van der Waals surface area contributed by atoms with Crippen LogP contribution < -0.4 is 10.6 Å². The molecule has 0 saturated heterocycles. The molecule has 7 heteroatoms. The normalized spacial score (nSPS) is 20.8. The molecule has 3 unspecified atom stereocenters. The monoisotopic (exact) mass is 421 g/mol. The zero-order chi connectivity index (χ0) is 22.2. The Morgan fingerprint density at radius 1 is 1.13 bits per heavy atom. The van der Waals surface area contributed by atoms with Gasteiger partial charge in [0.15, 0.2) is 0 Å². The molecule has 2 aromatic rings. The van der Waals surface area contributed by atoms with Crippen LogP contribution in [0.5, 0.6) is 0 Å². The Hall–Kier alpha value is -3.09. The van der Waals surface area contributed by atoms with Crippen LogP contribution in [0, 0.1) is 23.7 Å². The molecule has 3 atom stereocenters. The van der Waals surface area contributed by atoms with E-state index in [0.717, 1.165) is 12.1 Å². The van der Waals surface area contributed by atoms with E-state index in [1.807, 2.05) is 18.2 Å². The third kappa shape index (κ3) is 6.44. The van der Waals surface area contributed by atoms with Crippen molar-refractivity contribution in [2.75, 3.05) is 6.54 Å². The van der Waals surface area contributed by atoms with E-state index >= 15 is 0 Å². The Morgan fingerprint density at radius 3 is 2.65 bits per heavy atom. The molecule has 2 amide bonds. The molecule has 2 heterocycles. The lowest BCUT2D eigenvalue weighted by atomic mass is 9.69. The maximum atomic E-state index is 12.5. The molecule has 0 saturated carbocycles. The topological polar surface area (TPSA) is 96.9 Å². The van der Waals surface area contributed by atoms with Crippen LogP contribution in [0.25, 0.3) is 0 Å². The molecule has 31 heavy (non-hydrogen) atoms. The van der Waals surface area contributed by atoms with E-state index in [2.05, 4.69) is 52.4 Å². The van der Waals surface area contributed by atoms with E-state index in [4.69, 9.17) is 0 Å². The summed E-state index contributed by atoms with van der Waals surface area (Å²) in [5.74, 6) is 1.11. The van der Waals surface area contributed by atoms with Crippen molar-refractivity contribution in [2.45, 2.75) is 40.2 Å². The van der Waals surface area contributed by atoms with Crippen LogP contribution in [-0.4, -0.2) is 33.3 Å². The fourth-order valence-electron chi connectivity index (χ4n) is 4.21. The summed E-state index contributed by atoms with van der Waals surface area (Å²) in [5.41, 5.74) is 2.39. The summed E-state index contributed by atoms with van der Waals surface area (Å²) in [6, 6.07) is 5.68. The SMILES string of the molecule is CC1=CC(CNC(=O)c2cnccn2)C(C(C)C)CC1CC(=O)NCc1ccccn1. The van der Waals surface area contributed by atoms with Crippen LogP contribution in [0.1, 0.15) is 49.8 Å². The van der Waals surface area contributed by atoms with Gasteiger partial charge in [-0.2, -0.15) is 0 Å². The van der Waals surface area contributed by atoms with Crippen LogP contribution in [0.15, 0.2) is 54.6 Å². The standard InChI is InChI=1S/C24H31N5O2/c1-16(2)21-11-18(12-23(30)28-14-20-6-4-5-7-26-20)17(3)10-19(21)13-29-24(31)22-15-25-8-9-27-22/h4-10,15-16,18-19,21H,11-14H2,1-3H3,(H,28,30)(H,29,31). The molecule has 2 N–H and O–H groups in total. The van der Waals surface area contributed by atoms with Gasteiger partial charge in [-0.3, -0.25) is 19.6 Å². The minimum atomic E-state index is -0.210. The van der Waals surface area contributed by atoms with E-state index in [9.17, 15) is 9.59 Å². The highest BCUT2D eigenvalue weighted by Gasteiger charge is 2.32. The van der Waals surface area contributed by atoms with Gasteiger partial charge in [0.1, 0.15) is 5.69 Å². The van der Waals surface area contributed by atoms with Gasteiger partial charge in [-0.15, -0.1) is 0 Å². The molecule has 164 valence electrons. The largest absolute Gasteiger partial charge is 0.350 e. The number of carbonyl (C=O) groups is 2. The average molecular weight is 422 g/mol. The Balaban J connectivity index is 1.58. The second-order valence-corrected chi connectivity index (χ2v) is 8.52. The Labute approximate surface area is 183 Å². The summed E-state index contributed by atoms with van der Waals surface area (Å²) in [4.78, 5) is 37.1. The Morgan fingerprint density at radius 2 is 1.97 bits per heavy atom. The van der Waals surface area contributed by atoms with Crippen LogP contribution >= 0.6 is 0 Å². The minimum Gasteiger partial charge on any atom is -0.350 e. The van der Waals surface area contributed by atoms with Gasteiger partial charge in [0, 0.05) is 31.6 Å². The fraction of sp³-hybridized carbons (Fsp3) is 0.458. The smallest absolute Gasteiger partial charge is 0.271 e. The van der Waals surface area contributed by atoms with Crippen molar-refractivity contribution in [3.05, 3.63) is 66.0 Å². The first kappa shape index (κ1) is 22.6. The van der Waals surface area contributed by atoms with Crippen LogP contribution in [0.4, 0.5) is 0 Å². The number of amides is 2. The fourth-order valence-corrected chi connectivity index (χ4v) is 4.21. The van der Waals surface area contributed by atoms with Crippen LogP contribution in [0.2, 0.25) is 0 Å². The molecule has 2 aromatic heterocycles. The van der Waals surface area contributed by atoms with E-state index < -0.39 is 0 Å². The van der Waals surface area contributed by atoms with Gasteiger partial charge in [0.25, 0.3) is 5.91 Å². The molecule has 0 aliphatic heterocycles. The van der Waals surface area contributed by atoms with Gasteiger partial charge in [0.05, 0.1) is 18.4 Å². The summed E-state index contributed by atoms with van der Waals surface area (Å²) in [6.07, 6.45) is 9.90. The molecule has 0 fully saturated rings. The summed E-state index contributed by atoms with van der Waals surface area (Å²) in [6.45, 7) is 7.49. The zero-order valence-electron chi connectivity index (χ0n) is 18.4. The van der Waals surface area contributed by atoms with Crippen LogP contribution in [0.3, 0.4) is 0 Å². The van der Waals surface area contributed by atoms with E-state index in [1.54, 1.807) is 12.4 Å². The zero-order valence-corrected chi connectivity index (χ0v) is 18.4. The van der Waals surface area contributed by atoms with Crippen molar-refractivity contribution in [3.8, 4) is 0 Å². The van der Waals surface area contributed by atoms with Crippen molar-refractivity contribution >= 4 is 11.8 Å². The number of aromatic nitrogens is 3. The van der Waals surface area contributed by atoms with Gasteiger partial charge in [-0.05, 0) is 49.1 Å². The summed E-state index contributed by atoms with van der Waals surface area (Å²) in [7, 11) is 0. The molecule has 0 bridgehead atoms. The summed E-state index contributed by atoms with van der Waals surface area (Å²) < 4.78 is 0. The maximum absolute atomic E-state index is 12.5. The second kappa shape index (κ2) is 10.8. The first-order valence-corrected chi connectivity index (χ1v) is 10.8. The van der Waals surface area contributed by atoms with E-state index in [0.29, 0.717) is 37.0 Å². The highest BCUT2D eigenvalue weighted by atomic mass is 16.2. The van der Waals surface area contributed by atoms with Crippen molar-refractivity contribution in [1.82, 2.24) is 25.6 Å². The molecule has 3 rings (SSSR count). The van der Waals surface area contributed by atoms with Crippen molar-refractivity contribution in [2.24, 2.45) is 23.7 Å². The molecule has 0 radical (unpaired) electrons. The number of hydrogen-bond donors (Lipinski definition) is 2. The first-order valence-electron chi connectivity index (χ1n) is 10.8. The van der Waals surface area contributed by atoms with E-state index in [1.165, 1.54) is 18.0 Å². The van der Waals surface area contributed by atoms with Gasteiger partial charge in [-0.25, -0.2) is 4.98 Å². The lowest BCUT2D eigenvalue weighted by molar-refractivity contribution is -0.122. The second-order valence-electron chi connectivity index (χ2n) is 8.52. The van der Waals surface area contributed by atoms with E-state index in [-0.39, 0.29) is 23.7 Å². The Kier molecular flexibility index (Phi) is 7.87. The summed E-state index contributed by atoms with van der Waals surface area (Å²) >= 11 is 0. The quantitative estimate of drug-likeness (QED) is 0.638. The lowest BCUT2D eigenvalue weighted by Crippen LogP contribution is -2.38. The lowest BCUT2D eigenvalue weighted by Gasteiger charge is -2.37. The number of allylic oxidation sites excluding steroid dienone is 1. The van der Waals surface area contributed by atoms with Gasteiger partial charge in [0.2, 0.25) is 5.91 Å². The number of carbonyl (C=O) groups excluding carboxylic acids is 2. The Bertz CT molecular complexity index is 899. The predicted molar refractivity (Wildman–Crippen MR) is 119 cm³/mol. The number of rotatable bonds is 8. The third-order valence-electron chi connectivity index (χ3n) is 6.00. The first-order chi connectivity index (χ1) is 14.9. The minimum absolute atomic E-state index is 0.0420. The van der Waals surface area contributed by atoms with Crippen LogP contribution in [-0.2, 0) is 11.3 Å². The number of nitrogens with one attached hydrogen (secondary N) is 2. The number of pyridine rings is 1. The molecule has 1 aliphatic rings. The highest BCUT2D eigenvalue weighted by Crippen LogP contribution is 2.38. The molecular formula is C24H31N5O2. The molecule has 0 aromatic carbocycles. The highest BCUT2D eigenvalue weighted by molar-refractivity contribution is 5.91. The van der Waals surface area contributed by atoms with Gasteiger partial charge in [-0.1, -0.05) is 31.6 Å². The molecule has 0 spiro atoms. The average Bonchev–Trinajstić information content (AvgIpc) is 2.78. The van der Waals surface area contributed by atoms with Crippen molar-refractivity contribution in [3.63, 3.8) is 0 Å². The maximum Gasteiger partial charge on any atom is 0.271 e. The van der Waals surface area contributed by atoms with Gasteiger partial charge < -0.3 is 10.6 Å². The molecule has 7 nitrogen and oxygen atoms in total. The molecule has 1 aliphatic carbocycles.